The predicted molar refractivity (Wildman–Crippen MR) is 142 cm³/mol. The van der Waals surface area contributed by atoms with Gasteiger partial charge in [0.2, 0.25) is 0 Å². The molecule has 2 aromatic carbocycles. The van der Waals surface area contributed by atoms with E-state index in [0.717, 1.165) is 13.1 Å². The van der Waals surface area contributed by atoms with Crippen LogP contribution in [0.2, 0.25) is 0 Å². The second-order valence-electron chi connectivity index (χ2n) is 8.15. The van der Waals surface area contributed by atoms with E-state index in [-0.39, 0.29) is 35.4 Å². The fraction of sp³-hybridized carbons (Fsp3) is 0.417. The molecular weight excluding hydrogens is 509 g/mol. The quantitative estimate of drug-likeness (QED) is 0.291. The third kappa shape index (κ3) is 6.09. The highest BCUT2D eigenvalue weighted by atomic mass is 35.5. The summed E-state index contributed by atoms with van der Waals surface area (Å²) in [6.45, 7) is 8.78. The zero-order chi connectivity index (χ0) is 24.9. The van der Waals surface area contributed by atoms with Gasteiger partial charge in [-0.3, -0.25) is 19.8 Å². The third-order valence-electron chi connectivity index (χ3n) is 6.12. The lowest BCUT2D eigenvalue weighted by Gasteiger charge is -2.29. The number of carbonyl (C=O) groups excluding carboxylic acids is 1. The fourth-order valence-electron chi connectivity index (χ4n) is 4.10. The monoisotopic (exact) mass is 537 g/mol. The second-order valence-corrected chi connectivity index (χ2v) is 9.16. The van der Waals surface area contributed by atoms with Crippen molar-refractivity contribution in [3.63, 3.8) is 0 Å². The Bertz CT molecular complexity index is 1220. The molecule has 1 aliphatic heterocycles. The summed E-state index contributed by atoms with van der Waals surface area (Å²) >= 11 is 1.23. The number of hydrogen-bond acceptors (Lipinski definition) is 8. The Labute approximate surface area is 219 Å². The number of likely N-dealkylation sites (N-methyl/N-ethyl adjacent to an activating group) is 1. The smallest absolute Gasteiger partial charge is 0.293 e. The molecule has 0 unspecified atom stereocenters. The lowest BCUT2D eigenvalue weighted by Crippen LogP contribution is -2.39. The Morgan fingerprint density at radius 1 is 1.17 bits per heavy atom. The maximum atomic E-state index is 13.7. The third-order valence-corrected chi connectivity index (χ3v) is 7.16. The molecule has 0 spiro atoms. The zero-order valence-corrected chi connectivity index (χ0v) is 21.8. The maximum absolute atomic E-state index is 13.7. The number of rotatable bonds is 9. The van der Waals surface area contributed by atoms with Gasteiger partial charge in [0.1, 0.15) is 11.5 Å². The van der Waals surface area contributed by atoms with E-state index in [1.807, 2.05) is 18.7 Å². The molecule has 36 heavy (non-hydrogen) atoms. The van der Waals surface area contributed by atoms with Gasteiger partial charge >= 0.3 is 0 Å². The van der Waals surface area contributed by atoms with E-state index in [1.54, 1.807) is 18.2 Å². The number of amides is 1. The van der Waals surface area contributed by atoms with Crippen LogP contribution in [0.5, 0.6) is 0 Å². The van der Waals surface area contributed by atoms with Gasteiger partial charge in [-0.15, -0.1) is 12.4 Å². The van der Waals surface area contributed by atoms with Gasteiger partial charge < -0.3 is 14.5 Å². The lowest BCUT2D eigenvalue weighted by molar-refractivity contribution is -0.384. The normalized spacial score (nSPS) is 13.6. The van der Waals surface area contributed by atoms with Gasteiger partial charge in [-0.2, -0.15) is 0 Å². The standard InChI is InChI=1S/C24H28FN5O4S.ClH/c1-3-27(4-2)9-10-29(24-26-19-7-6-18(25)16-22(19)35-24)23(31)17-5-8-20(21(15-17)30(32)33)28-11-13-34-14-12-28;/h5-8,15-16H,3-4,9-14H2,1-2H3;1H. The van der Waals surface area contributed by atoms with Gasteiger partial charge in [-0.25, -0.2) is 9.37 Å². The molecule has 2 heterocycles. The largest absolute Gasteiger partial charge is 0.378 e. The summed E-state index contributed by atoms with van der Waals surface area (Å²) in [6, 6.07) is 8.90. The number of morpholine rings is 1. The van der Waals surface area contributed by atoms with Crippen molar-refractivity contribution in [2.45, 2.75) is 13.8 Å². The number of nitro benzene ring substituents is 1. The molecule has 9 nitrogen and oxygen atoms in total. The van der Waals surface area contributed by atoms with Crippen LogP contribution in [0, 0.1) is 15.9 Å². The first-order chi connectivity index (χ1) is 16.9. The molecule has 0 atom stereocenters. The van der Waals surface area contributed by atoms with Gasteiger partial charge in [0.25, 0.3) is 11.6 Å². The first kappa shape index (κ1) is 27.7. The summed E-state index contributed by atoms with van der Waals surface area (Å²) in [5.74, 6) is -0.753. The van der Waals surface area contributed by atoms with Crippen LogP contribution in [-0.2, 0) is 4.74 Å². The fourth-order valence-corrected chi connectivity index (χ4v) is 5.11. The summed E-state index contributed by atoms with van der Waals surface area (Å²) in [5.41, 5.74) is 1.16. The van der Waals surface area contributed by atoms with Gasteiger partial charge in [0, 0.05) is 37.8 Å². The van der Waals surface area contributed by atoms with Crippen LogP contribution in [0.25, 0.3) is 10.2 Å². The number of carbonyl (C=O) groups is 1. The SMILES string of the molecule is CCN(CC)CCN(C(=O)c1ccc(N2CCOCC2)c([N+](=O)[O-])c1)c1nc2ccc(F)cc2s1.Cl. The molecule has 4 rings (SSSR count). The van der Waals surface area contributed by atoms with Crippen molar-refractivity contribution in [1.82, 2.24) is 9.88 Å². The number of halogens is 2. The molecule has 0 radical (unpaired) electrons. The number of aromatic nitrogens is 1. The van der Waals surface area contributed by atoms with E-state index >= 15 is 0 Å². The van der Waals surface area contributed by atoms with Crippen molar-refractivity contribution in [3.05, 3.63) is 57.9 Å². The summed E-state index contributed by atoms with van der Waals surface area (Å²) in [5, 5.41) is 12.3. The number of fused-ring (bicyclic) bond motifs is 1. The van der Waals surface area contributed by atoms with E-state index < -0.39 is 4.92 Å². The Morgan fingerprint density at radius 2 is 1.89 bits per heavy atom. The van der Waals surface area contributed by atoms with Crippen molar-refractivity contribution < 1.29 is 18.8 Å². The number of nitro groups is 1. The van der Waals surface area contributed by atoms with Crippen LogP contribution in [0.15, 0.2) is 36.4 Å². The molecule has 0 bridgehead atoms. The summed E-state index contributed by atoms with van der Waals surface area (Å²) in [4.78, 5) is 35.3. The van der Waals surface area contributed by atoms with Gasteiger partial charge in [-0.1, -0.05) is 25.2 Å². The van der Waals surface area contributed by atoms with E-state index in [2.05, 4.69) is 9.88 Å². The van der Waals surface area contributed by atoms with Crippen molar-refractivity contribution >= 4 is 56.4 Å². The number of nitrogens with zero attached hydrogens (tertiary/aromatic N) is 5. The van der Waals surface area contributed by atoms with Crippen molar-refractivity contribution in [1.29, 1.82) is 0 Å². The van der Waals surface area contributed by atoms with E-state index in [4.69, 9.17) is 4.74 Å². The number of hydrogen-bond donors (Lipinski definition) is 0. The van der Waals surface area contributed by atoms with Crippen LogP contribution in [0.4, 0.5) is 20.9 Å². The highest BCUT2D eigenvalue weighted by Gasteiger charge is 2.27. The number of anilines is 2. The highest BCUT2D eigenvalue weighted by Crippen LogP contribution is 2.33. The maximum Gasteiger partial charge on any atom is 0.293 e. The molecule has 3 aromatic rings. The minimum absolute atomic E-state index is 0. The van der Waals surface area contributed by atoms with E-state index in [1.165, 1.54) is 34.4 Å². The molecule has 1 aromatic heterocycles. The molecule has 12 heteroatoms. The molecular formula is C24H29ClFN5O4S. The summed E-state index contributed by atoms with van der Waals surface area (Å²) in [6.07, 6.45) is 0. The molecule has 194 valence electrons. The summed E-state index contributed by atoms with van der Waals surface area (Å²) in [7, 11) is 0. The Kier molecular flexibility index (Phi) is 9.55. The average molecular weight is 538 g/mol. The van der Waals surface area contributed by atoms with E-state index in [0.29, 0.717) is 60.4 Å². The first-order valence-electron chi connectivity index (χ1n) is 11.6. The topological polar surface area (TPSA) is 92.0 Å². The molecule has 0 N–H and O–H groups in total. The first-order valence-corrected chi connectivity index (χ1v) is 12.4. The molecule has 0 saturated carbocycles. The molecule has 0 aliphatic carbocycles. The lowest BCUT2D eigenvalue weighted by atomic mass is 10.1. The van der Waals surface area contributed by atoms with Gasteiger partial charge in [-0.05, 0) is 43.4 Å². The Morgan fingerprint density at radius 3 is 2.56 bits per heavy atom. The van der Waals surface area contributed by atoms with Crippen LogP contribution in [0.1, 0.15) is 24.2 Å². The van der Waals surface area contributed by atoms with Crippen LogP contribution in [-0.4, -0.2) is 73.2 Å². The highest BCUT2D eigenvalue weighted by molar-refractivity contribution is 7.22. The Hall–Kier alpha value is -2.86. The van der Waals surface area contributed by atoms with Gasteiger partial charge in [0.05, 0.1) is 28.4 Å². The molecule has 1 saturated heterocycles. The number of ether oxygens (including phenoxy) is 1. The minimum Gasteiger partial charge on any atom is -0.378 e. The molecule has 1 fully saturated rings. The van der Waals surface area contributed by atoms with Crippen molar-refractivity contribution in [3.8, 4) is 0 Å². The van der Waals surface area contributed by atoms with Crippen LogP contribution < -0.4 is 9.80 Å². The van der Waals surface area contributed by atoms with Crippen molar-refractivity contribution in [2.24, 2.45) is 0 Å². The predicted octanol–water partition coefficient (Wildman–Crippen LogP) is 4.59. The van der Waals surface area contributed by atoms with Gasteiger partial charge in [0.15, 0.2) is 5.13 Å². The zero-order valence-electron chi connectivity index (χ0n) is 20.2. The second kappa shape index (κ2) is 12.4. The Balaban J connectivity index is 0.00000361. The van der Waals surface area contributed by atoms with Crippen molar-refractivity contribution in [2.75, 3.05) is 62.3 Å². The average Bonchev–Trinajstić information content (AvgIpc) is 3.29. The molecule has 1 amide bonds. The number of thiazole rings is 1. The van der Waals surface area contributed by atoms with Crippen LogP contribution in [0.3, 0.4) is 0 Å². The number of benzene rings is 2. The van der Waals surface area contributed by atoms with Crippen LogP contribution >= 0.6 is 23.7 Å². The minimum atomic E-state index is -0.456. The van der Waals surface area contributed by atoms with E-state index in [9.17, 15) is 19.3 Å². The summed E-state index contributed by atoms with van der Waals surface area (Å²) < 4.78 is 19.7. The molecule has 1 aliphatic rings.